The van der Waals surface area contributed by atoms with Gasteiger partial charge < -0.3 is 9.80 Å². The Morgan fingerprint density at radius 2 is 1.97 bits per heavy atom. The summed E-state index contributed by atoms with van der Waals surface area (Å²) >= 11 is 7.74. The molecule has 3 aliphatic heterocycles. The summed E-state index contributed by atoms with van der Waals surface area (Å²) in [5.41, 5.74) is 1.18. The van der Waals surface area contributed by atoms with Crippen molar-refractivity contribution in [1.29, 1.82) is 5.26 Å². The number of piperazine rings is 1. The molecule has 162 valence electrons. The van der Waals surface area contributed by atoms with E-state index in [2.05, 4.69) is 0 Å². The molecule has 7 nitrogen and oxygen atoms in total. The van der Waals surface area contributed by atoms with Gasteiger partial charge in [0.1, 0.15) is 12.1 Å². The van der Waals surface area contributed by atoms with Crippen LogP contribution in [-0.2, 0) is 9.59 Å². The molecule has 2 aromatic rings. The van der Waals surface area contributed by atoms with Crippen molar-refractivity contribution in [1.82, 2.24) is 9.80 Å². The minimum absolute atomic E-state index is 0.0256. The fourth-order valence-electron chi connectivity index (χ4n) is 4.91. The first kappa shape index (κ1) is 20.9. The van der Waals surface area contributed by atoms with Crippen molar-refractivity contribution in [3.8, 4) is 6.07 Å². The maximum absolute atomic E-state index is 13.4. The molecule has 0 aromatic heterocycles. The normalized spacial score (nSPS) is 23.7. The topological polar surface area (TPSA) is 84.7 Å². The third-order valence-corrected chi connectivity index (χ3v) is 7.89. The van der Waals surface area contributed by atoms with E-state index in [1.807, 2.05) is 36.4 Å². The Balaban J connectivity index is 1.37. The summed E-state index contributed by atoms with van der Waals surface area (Å²) in [6, 6.07) is 13.2. The lowest BCUT2D eigenvalue weighted by molar-refractivity contribution is -0.133. The van der Waals surface area contributed by atoms with Crippen molar-refractivity contribution in [3.05, 3.63) is 58.6 Å². The van der Waals surface area contributed by atoms with E-state index in [1.165, 1.54) is 17.8 Å². The number of hydrogen-bond donors (Lipinski definition) is 0. The Hall–Kier alpha value is -3.02. The molecule has 3 atom stereocenters. The highest BCUT2D eigenvalue weighted by atomic mass is 35.5. The number of carbonyl (C=O) groups excluding carboxylic acids is 3. The lowest BCUT2D eigenvalue weighted by atomic mass is 10.1. The predicted molar refractivity (Wildman–Crippen MR) is 120 cm³/mol. The maximum Gasteiger partial charge on any atom is 0.332 e. The molecule has 2 bridgehead atoms. The average molecular weight is 467 g/mol. The first-order valence-corrected chi connectivity index (χ1v) is 11.6. The Morgan fingerprint density at radius 3 is 2.69 bits per heavy atom. The van der Waals surface area contributed by atoms with Gasteiger partial charge in [-0.2, -0.15) is 5.26 Å². The molecule has 4 amide bonds. The molecule has 0 saturated carbocycles. The van der Waals surface area contributed by atoms with Crippen LogP contribution in [0, 0.1) is 18.3 Å². The Kier molecular flexibility index (Phi) is 5.11. The predicted octanol–water partition coefficient (Wildman–Crippen LogP) is 3.43. The second-order valence-electron chi connectivity index (χ2n) is 8.10. The van der Waals surface area contributed by atoms with Gasteiger partial charge in [0.25, 0.3) is 5.91 Å². The first-order valence-electron chi connectivity index (χ1n) is 10.2. The summed E-state index contributed by atoms with van der Waals surface area (Å²) in [6.45, 7) is 2.13. The van der Waals surface area contributed by atoms with Crippen LogP contribution in [0.4, 0.5) is 10.5 Å². The maximum atomic E-state index is 13.4. The molecule has 3 heterocycles. The molecule has 5 rings (SSSR count). The number of amides is 4. The van der Waals surface area contributed by atoms with Crippen LogP contribution in [0.3, 0.4) is 0 Å². The van der Waals surface area contributed by atoms with Crippen LogP contribution >= 0.6 is 23.4 Å². The molecule has 0 N–H and O–H groups in total. The number of fused-ring (bicyclic) bond motifs is 5. The number of thioether (sulfide) groups is 1. The number of anilines is 1. The monoisotopic (exact) mass is 466 g/mol. The third kappa shape index (κ3) is 3.07. The molecule has 0 spiro atoms. The Bertz CT molecular complexity index is 1180. The van der Waals surface area contributed by atoms with Gasteiger partial charge in [0, 0.05) is 11.4 Å². The molecule has 3 saturated heterocycles. The number of imide groups is 1. The highest BCUT2D eigenvalue weighted by Gasteiger charge is 2.62. The van der Waals surface area contributed by atoms with Gasteiger partial charge in [-0.25, -0.2) is 9.69 Å². The largest absolute Gasteiger partial charge is 0.334 e. The average Bonchev–Trinajstić information content (AvgIpc) is 3.47. The SMILES string of the molecule is Cc1c(N2C(=O)[C@H]3C4C[C@H](CN4C(=O)CSc4ccccc4)N3C2=O)ccc(C#N)c1Cl. The van der Waals surface area contributed by atoms with Crippen LogP contribution in [0.25, 0.3) is 0 Å². The minimum atomic E-state index is -0.680. The van der Waals surface area contributed by atoms with E-state index in [0.29, 0.717) is 29.8 Å². The molecular weight excluding hydrogens is 448 g/mol. The van der Waals surface area contributed by atoms with Crippen LogP contribution in [0.5, 0.6) is 0 Å². The van der Waals surface area contributed by atoms with Crippen LogP contribution < -0.4 is 4.90 Å². The van der Waals surface area contributed by atoms with Gasteiger partial charge in [-0.3, -0.25) is 9.59 Å². The van der Waals surface area contributed by atoms with E-state index in [4.69, 9.17) is 11.6 Å². The second kappa shape index (κ2) is 7.84. The lowest BCUT2D eigenvalue weighted by Gasteiger charge is -2.34. The van der Waals surface area contributed by atoms with Crippen molar-refractivity contribution in [2.75, 3.05) is 17.2 Å². The zero-order valence-corrected chi connectivity index (χ0v) is 18.8. The van der Waals surface area contributed by atoms with E-state index in [9.17, 15) is 19.6 Å². The fraction of sp³-hybridized carbons (Fsp3) is 0.304. The van der Waals surface area contributed by atoms with Crippen molar-refractivity contribution >= 4 is 46.9 Å². The van der Waals surface area contributed by atoms with Crippen LogP contribution in [0.15, 0.2) is 47.4 Å². The van der Waals surface area contributed by atoms with Crippen molar-refractivity contribution in [2.24, 2.45) is 0 Å². The standard InChI is InChI=1S/C23H19ClN4O3S/c1-13-17(8-7-14(10-25)20(13)24)28-22(30)21-18-9-15(27(21)23(28)31)11-26(18)19(29)12-32-16-5-3-2-4-6-16/h2-8,15,18,21H,9,11-12H2,1H3/t15-,18?,21-/m1/s1. The molecule has 32 heavy (non-hydrogen) atoms. The number of carbonyl (C=O) groups is 3. The molecule has 0 radical (unpaired) electrons. The number of rotatable bonds is 4. The summed E-state index contributed by atoms with van der Waals surface area (Å²) in [5, 5.41) is 9.41. The van der Waals surface area contributed by atoms with Gasteiger partial charge >= 0.3 is 6.03 Å². The molecule has 2 aromatic carbocycles. The Morgan fingerprint density at radius 1 is 1.22 bits per heavy atom. The number of hydrogen-bond acceptors (Lipinski definition) is 5. The van der Waals surface area contributed by atoms with Crippen LogP contribution in [0.1, 0.15) is 17.5 Å². The number of urea groups is 1. The van der Waals surface area contributed by atoms with Gasteiger partial charge in [-0.05, 0) is 43.2 Å². The van der Waals surface area contributed by atoms with E-state index >= 15 is 0 Å². The fourth-order valence-corrected chi connectivity index (χ4v) is 5.92. The number of nitrogens with zero attached hydrogens (tertiary/aromatic N) is 4. The quantitative estimate of drug-likeness (QED) is 0.509. The number of likely N-dealkylation sites (tertiary alicyclic amines) is 1. The number of nitriles is 1. The summed E-state index contributed by atoms with van der Waals surface area (Å²) in [4.78, 5) is 45.0. The third-order valence-electron chi connectivity index (χ3n) is 6.41. The summed E-state index contributed by atoms with van der Waals surface area (Å²) in [6.07, 6.45) is 0.616. The number of halogens is 1. The summed E-state index contributed by atoms with van der Waals surface area (Å²) in [5.74, 6) is -0.0854. The molecule has 1 unspecified atom stereocenters. The molecule has 9 heteroatoms. The molecule has 3 aliphatic rings. The first-order chi connectivity index (χ1) is 15.4. The summed E-state index contributed by atoms with van der Waals surface area (Å²) in [7, 11) is 0. The second-order valence-corrected chi connectivity index (χ2v) is 9.52. The van der Waals surface area contributed by atoms with Crippen molar-refractivity contribution in [2.45, 2.75) is 36.4 Å². The minimum Gasteiger partial charge on any atom is -0.334 e. The van der Waals surface area contributed by atoms with Gasteiger partial charge in [0.2, 0.25) is 5.91 Å². The van der Waals surface area contributed by atoms with E-state index in [0.717, 1.165) is 9.80 Å². The van der Waals surface area contributed by atoms with E-state index in [-0.39, 0.29) is 40.7 Å². The van der Waals surface area contributed by atoms with Crippen molar-refractivity contribution < 1.29 is 14.4 Å². The highest BCUT2D eigenvalue weighted by molar-refractivity contribution is 8.00. The van der Waals surface area contributed by atoms with E-state index in [1.54, 1.807) is 22.8 Å². The van der Waals surface area contributed by atoms with Gasteiger partial charge in [-0.1, -0.05) is 29.8 Å². The van der Waals surface area contributed by atoms with Crippen molar-refractivity contribution in [3.63, 3.8) is 0 Å². The van der Waals surface area contributed by atoms with Gasteiger partial charge in [-0.15, -0.1) is 11.8 Å². The van der Waals surface area contributed by atoms with Gasteiger partial charge in [0.15, 0.2) is 0 Å². The zero-order valence-electron chi connectivity index (χ0n) is 17.2. The lowest BCUT2D eigenvalue weighted by Crippen LogP contribution is -2.55. The molecular formula is C23H19ClN4O3S. The Labute approximate surface area is 194 Å². The van der Waals surface area contributed by atoms with Crippen LogP contribution in [0.2, 0.25) is 5.02 Å². The highest BCUT2D eigenvalue weighted by Crippen LogP contribution is 2.43. The van der Waals surface area contributed by atoms with E-state index < -0.39 is 6.04 Å². The summed E-state index contributed by atoms with van der Waals surface area (Å²) < 4.78 is 0. The van der Waals surface area contributed by atoms with Crippen LogP contribution in [-0.4, -0.2) is 58.1 Å². The smallest absolute Gasteiger partial charge is 0.332 e. The number of benzene rings is 2. The molecule has 0 aliphatic carbocycles. The van der Waals surface area contributed by atoms with Gasteiger partial charge in [0.05, 0.1) is 34.1 Å². The molecule has 3 fully saturated rings. The zero-order chi connectivity index (χ0) is 22.6.